The van der Waals surface area contributed by atoms with E-state index in [2.05, 4.69) is 10.3 Å². The van der Waals surface area contributed by atoms with Crippen molar-refractivity contribution in [3.05, 3.63) is 23.9 Å². The standard InChI is InChI=1S/C13H20N2O3/c1-4-13(5-2,9-16)15-11(17)10-7-6-8-14-12(10)18-3/h6-8,16H,4-5,9H2,1-3H3,(H,15,17). The molecule has 18 heavy (non-hydrogen) atoms. The molecule has 5 heteroatoms. The van der Waals surface area contributed by atoms with Crippen molar-refractivity contribution in [3.8, 4) is 5.88 Å². The number of nitrogens with one attached hydrogen (secondary N) is 1. The SMILES string of the molecule is CCC(CC)(CO)NC(=O)c1cccnc1OC. The number of hydrogen-bond donors (Lipinski definition) is 2. The summed E-state index contributed by atoms with van der Waals surface area (Å²) in [7, 11) is 1.47. The second kappa shape index (κ2) is 6.35. The molecule has 100 valence electrons. The average Bonchev–Trinajstić information content (AvgIpc) is 2.44. The van der Waals surface area contributed by atoms with Crippen LogP contribution in [-0.2, 0) is 0 Å². The van der Waals surface area contributed by atoms with Crippen LogP contribution in [0.3, 0.4) is 0 Å². The Hall–Kier alpha value is -1.62. The Morgan fingerprint density at radius 1 is 1.50 bits per heavy atom. The quantitative estimate of drug-likeness (QED) is 0.802. The van der Waals surface area contributed by atoms with E-state index in [1.54, 1.807) is 18.3 Å². The number of aliphatic hydroxyl groups excluding tert-OH is 1. The Bertz CT molecular complexity index is 395. The molecule has 1 amide bonds. The molecule has 2 N–H and O–H groups in total. The van der Waals surface area contributed by atoms with Crippen LogP contribution in [0.4, 0.5) is 0 Å². The van der Waals surface area contributed by atoms with Crippen LogP contribution in [0.15, 0.2) is 18.3 Å². The normalized spacial score (nSPS) is 11.1. The molecular formula is C13H20N2O3. The molecule has 1 heterocycles. The molecule has 1 aromatic heterocycles. The first kappa shape index (κ1) is 14.4. The molecular weight excluding hydrogens is 232 g/mol. The second-order valence-corrected chi connectivity index (χ2v) is 4.16. The molecule has 0 saturated carbocycles. The van der Waals surface area contributed by atoms with Gasteiger partial charge in [0.15, 0.2) is 0 Å². The molecule has 0 fully saturated rings. The molecule has 0 atom stereocenters. The van der Waals surface area contributed by atoms with Gasteiger partial charge >= 0.3 is 0 Å². The molecule has 0 aromatic carbocycles. The molecule has 5 nitrogen and oxygen atoms in total. The number of carbonyl (C=O) groups excluding carboxylic acids is 1. The summed E-state index contributed by atoms with van der Waals surface area (Å²) in [6.45, 7) is 3.77. The molecule has 0 bridgehead atoms. The molecule has 0 aliphatic rings. The molecule has 0 aliphatic carbocycles. The molecule has 0 radical (unpaired) electrons. The highest BCUT2D eigenvalue weighted by Crippen LogP contribution is 2.18. The number of rotatable bonds is 6. The Morgan fingerprint density at radius 3 is 2.67 bits per heavy atom. The molecule has 0 aliphatic heterocycles. The van der Waals surface area contributed by atoms with Crippen LogP contribution in [-0.4, -0.2) is 35.3 Å². The topological polar surface area (TPSA) is 71.5 Å². The van der Waals surface area contributed by atoms with Gasteiger partial charge in [-0.15, -0.1) is 0 Å². The van der Waals surface area contributed by atoms with Crippen molar-refractivity contribution in [2.24, 2.45) is 0 Å². The van der Waals surface area contributed by atoms with E-state index in [0.29, 0.717) is 18.4 Å². The van der Waals surface area contributed by atoms with E-state index in [0.717, 1.165) is 0 Å². The molecule has 1 rings (SSSR count). The summed E-state index contributed by atoms with van der Waals surface area (Å²) in [4.78, 5) is 16.2. The maximum absolute atomic E-state index is 12.2. The Kier molecular flexibility index (Phi) is 5.09. The summed E-state index contributed by atoms with van der Waals surface area (Å²) in [5, 5.41) is 12.3. The van der Waals surface area contributed by atoms with Gasteiger partial charge in [0.1, 0.15) is 5.56 Å². The first-order valence-electron chi connectivity index (χ1n) is 6.04. The van der Waals surface area contributed by atoms with E-state index >= 15 is 0 Å². The van der Waals surface area contributed by atoms with Gasteiger partial charge in [-0.05, 0) is 25.0 Å². The van der Waals surface area contributed by atoms with Crippen molar-refractivity contribution >= 4 is 5.91 Å². The summed E-state index contributed by atoms with van der Waals surface area (Å²) in [5.74, 6) is 0.00625. The monoisotopic (exact) mass is 252 g/mol. The van der Waals surface area contributed by atoms with Crippen molar-refractivity contribution < 1.29 is 14.6 Å². The van der Waals surface area contributed by atoms with Crippen LogP contribution in [0.25, 0.3) is 0 Å². The zero-order valence-corrected chi connectivity index (χ0v) is 11.1. The first-order valence-corrected chi connectivity index (χ1v) is 6.04. The lowest BCUT2D eigenvalue weighted by Crippen LogP contribution is -2.50. The van der Waals surface area contributed by atoms with Gasteiger partial charge in [-0.2, -0.15) is 0 Å². The van der Waals surface area contributed by atoms with E-state index in [-0.39, 0.29) is 18.4 Å². The number of amides is 1. The van der Waals surface area contributed by atoms with Crippen LogP contribution in [0.1, 0.15) is 37.0 Å². The third-order valence-electron chi connectivity index (χ3n) is 3.24. The zero-order chi connectivity index (χ0) is 13.6. The number of pyridine rings is 1. The van der Waals surface area contributed by atoms with Crippen LogP contribution in [0.5, 0.6) is 5.88 Å². The number of aromatic nitrogens is 1. The minimum atomic E-state index is -0.585. The highest BCUT2D eigenvalue weighted by molar-refractivity contribution is 5.96. The fourth-order valence-electron chi connectivity index (χ4n) is 1.72. The lowest BCUT2D eigenvalue weighted by atomic mass is 9.93. The Morgan fingerprint density at radius 2 is 2.17 bits per heavy atom. The summed E-state index contributed by atoms with van der Waals surface area (Å²) >= 11 is 0. The fraction of sp³-hybridized carbons (Fsp3) is 0.538. The van der Waals surface area contributed by atoms with E-state index in [1.165, 1.54) is 7.11 Å². The fourth-order valence-corrected chi connectivity index (χ4v) is 1.72. The van der Waals surface area contributed by atoms with Gasteiger partial charge in [0, 0.05) is 6.20 Å². The number of methoxy groups -OCH3 is 1. The van der Waals surface area contributed by atoms with Gasteiger partial charge in [-0.25, -0.2) is 4.98 Å². The maximum Gasteiger partial charge on any atom is 0.257 e. The number of hydrogen-bond acceptors (Lipinski definition) is 4. The van der Waals surface area contributed by atoms with Crippen LogP contribution >= 0.6 is 0 Å². The predicted octanol–water partition coefficient (Wildman–Crippen LogP) is 1.37. The maximum atomic E-state index is 12.2. The van der Waals surface area contributed by atoms with Crippen molar-refractivity contribution in [1.29, 1.82) is 0 Å². The number of ether oxygens (including phenoxy) is 1. The van der Waals surface area contributed by atoms with Crippen molar-refractivity contribution in [2.45, 2.75) is 32.2 Å². The lowest BCUT2D eigenvalue weighted by molar-refractivity contribution is 0.0814. The minimum absolute atomic E-state index is 0.0890. The predicted molar refractivity (Wildman–Crippen MR) is 68.7 cm³/mol. The van der Waals surface area contributed by atoms with E-state index < -0.39 is 5.54 Å². The molecule has 0 unspecified atom stereocenters. The Balaban J connectivity index is 2.94. The van der Waals surface area contributed by atoms with E-state index in [9.17, 15) is 9.90 Å². The van der Waals surface area contributed by atoms with Gasteiger partial charge < -0.3 is 15.2 Å². The molecule has 0 spiro atoms. The van der Waals surface area contributed by atoms with Crippen molar-refractivity contribution in [1.82, 2.24) is 10.3 Å². The largest absolute Gasteiger partial charge is 0.480 e. The van der Waals surface area contributed by atoms with Crippen molar-refractivity contribution in [2.75, 3.05) is 13.7 Å². The van der Waals surface area contributed by atoms with E-state index in [4.69, 9.17) is 4.74 Å². The van der Waals surface area contributed by atoms with Crippen LogP contribution in [0.2, 0.25) is 0 Å². The summed E-state index contributed by atoms with van der Waals surface area (Å²) in [5.41, 5.74) is -0.211. The van der Waals surface area contributed by atoms with Crippen molar-refractivity contribution in [3.63, 3.8) is 0 Å². The van der Waals surface area contributed by atoms with Gasteiger partial charge in [-0.3, -0.25) is 4.79 Å². The van der Waals surface area contributed by atoms with Crippen LogP contribution < -0.4 is 10.1 Å². The van der Waals surface area contributed by atoms with Gasteiger partial charge in [-0.1, -0.05) is 13.8 Å². The van der Waals surface area contributed by atoms with Gasteiger partial charge in [0.25, 0.3) is 5.91 Å². The molecule has 1 aromatic rings. The average molecular weight is 252 g/mol. The minimum Gasteiger partial charge on any atom is -0.480 e. The Labute approximate surface area is 107 Å². The third-order valence-corrected chi connectivity index (χ3v) is 3.24. The number of nitrogens with zero attached hydrogens (tertiary/aromatic N) is 1. The highest BCUT2D eigenvalue weighted by Gasteiger charge is 2.28. The summed E-state index contributed by atoms with van der Waals surface area (Å²) < 4.78 is 5.05. The van der Waals surface area contributed by atoms with Gasteiger partial charge in [0.05, 0.1) is 19.3 Å². The van der Waals surface area contributed by atoms with Gasteiger partial charge in [0.2, 0.25) is 5.88 Å². The smallest absolute Gasteiger partial charge is 0.257 e. The summed E-state index contributed by atoms with van der Waals surface area (Å²) in [6, 6.07) is 3.32. The number of carbonyl (C=O) groups is 1. The lowest BCUT2D eigenvalue weighted by Gasteiger charge is -2.30. The molecule has 0 saturated heterocycles. The number of aliphatic hydroxyl groups is 1. The van der Waals surface area contributed by atoms with E-state index in [1.807, 2.05) is 13.8 Å². The third kappa shape index (κ3) is 2.98. The zero-order valence-electron chi connectivity index (χ0n) is 11.1. The highest BCUT2D eigenvalue weighted by atomic mass is 16.5. The summed E-state index contributed by atoms with van der Waals surface area (Å²) in [6.07, 6.45) is 2.89. The first-order chi connectivity index (χ1) is 8.62. The second-order valence-electron chi connectivity index (χ2n) is 4.16. The van der Waals surface area contributed by atoms with Crippen LogP contribution in [0, 0.1) is 0 Å².